The van der Waals surface area contributed by atoms with Gasteiger partial charge in [-0.2, -0.15) is 5.10 Å². The third-order valence-electron chi connectivity index (χ3n) is 5.31. The first-order valence-corrected chi connectivity index (χ1v) is 11.4. The predicted molar refractivity (Wildman–Crippen MR) is 129 cm³/mol. The molecule has 9 nitrogen and oxygen atoms in total. The van der Waals surface area contributed by atoms with Crippen LogP contribution in [0.15, 0.2) is 47.6 Å². The Bertz CT molecular complexity index is 1050. The van der Waals surface area contributed by atoms with Gasteiger partial charge in [0.05, 0.1) is 12.8 Å². The van der Waals surface area contributed by atoms with Crippen LogP contribution in [0.3, 0.4) is 0 Å². The highest BCUT2D eigenvalue weighted by Gasteiger charge is 2.19. The summed E-state index contributed by atoms with van der Waals surface area (Å²) in [5.74, 6) is -0.828. The predicted octanol–water partition coefficient (Wildman–Crippen LogP) is 2.74. The standard InChI is InChI=1S/C25H30N4O5/c1-3-19-9-5-6-10-20(19)27-24(31)25(32)28-26-16-18-11-12-21(22(15-18)33-4-2)34-17-23(30)29-13-7-8-14-29/h5-6,9-12,15-16H,3-4,7-8,13-14,17H2,1-2H3,(H,27,31)(H,28,32)/b26-16-. The maximum absolute atomic E-state index is 12.2. The lowest BCUT2D eigenvalue weighted by atomic mass is 10.1. The first-order chi connectivity index (χ1) is 16.5. The fourth-order valence-electron chi connectivity index (χ4n) is 3.54. The van der Waals surface area contributed by atoms with E-state index in [0.717, 1.165) is 37.9 Å². The minimum atomic E-state index is -0.882. The molecular formula is C25H30N4O5. The molecule has 1 heterocycles. The van der Waals surface area contributed by atoms with Crippen molar-refractivity contribution in [3.8, 4) is 11.5 Å². The van der Waals surface area contributed by atoms with E-state index >= 15 is 0 Å². The molecule has 1 fully saturated rings. The number of hydrogen-bond donors (Lipinski definition) is 2. The Balaban J connectivity index is 1.56. The molecule has 0 unspecified atom stereocenters. The number of amides is 3. The third-order valence-corrected chi connectivity index (χ3v) is 5.31. The maximum atomic E-state index is 12.2. The molecule has 180 valence electrons. The van der Waals surface area contributed by atoms with E-state index in [1.807, 2.05) is 26.0 Å². The summed E-state index contributed by atoms with van der Waals surface area (Å²) in [4.78, 5) is 38.3. The van der Waals surface area contributed by atoms with E-state index < -0.39 is 11.8 Å². The van der Waals surface area contributed by atoms with Crippen molar-refractivity contribution in [2.24, 2.45) is 5.10 Å². The fraction of sp³-hybridized carbons (Fsp3) is 0.360. The zero-order chi connectivity index (χ0) is 24.3. The second-order valence-electron chi connectivity index (χ2n) is 7.68. The zero-order valence-electron chi connectivity index (χ0n) is 19.5. The lowest BCUT2D eigenvalue weighted by Crippen LogP contribution is -2.32. The Kier molecular flexibility index (Phi) is 9.02. The quantitative estimate of drug-likeness (QED) is 0.336. The van der Waals surface area contributed by atoms with Crippen molar-refractivity contribution in [2.45, 2.75) is 33.1 Å². The van der Waals surface area contributed by atoms with E-state index in [9.17, 15) is 14.4 Å². The van der Waals surface area contributed by atoms with Crippen LogP contribution in [-0.2, 0) is 20.8 Å². The van der Waals surface area contributed by atoms with Gasteiger partial charge in [-0.3, -0.25) is 14.4 Å². The number of anilines is 1. The van der Waals surface area contributed by atoms with E-state index in [2.05, 4.69) is 15.8 Å². The number of rotatable bonds is 9. The molecule has 1 aliphatic rings. The summed E-state index contributed by atoms with van der Waals surface area (Å²) in [5.41, 5.74) is 4.37. The van der Waals surface area contributed by atoms with E-state index in [1.54, 1.807) is 35.2 Å². The molecule has 0 bridgehead atoms. The van der Waals surface area contributed by atoms with E-state index in [0.29, 0.717) is 29.4 Å². The van der Waals surface area contributed by atoms with Crippen molar-refractivity contribution in [3.05, 3.63) is 53.6 Å². The summed E-state index contributed by atoms with van der Waals surface area (Å²) in [6.45, 7) is 5.70. The van der Waals surface area contributed by atoms with Crippen LogP contribution >= 0.6 is 0 Å². The molecule has 34 heavy (non-hydrogen) atoms. The van der Waals surface area contributed by atoms with Crippen LogP contribution in [0.4, 0.5) is 5.69 Å². The van der Waals surface area contributed by atoms with Gasteiger partial charge in [0, 0.05) is 18.8 Å². The second kappa shape index (κ2) is 12.4. The molecule has 9 heteroatoms. The average Bonchev–Trinajstić information content (AvgIpc) is 3.39. The smallest absolute Gasteiger partial charge is 0.329 e. The van der Waals surface area contributed by atoms with Crippen LogP contribution in [0.5, 0.6) is 11.5 Å². The minimum absolute atomic E-state index is 0.0480. The molecule has 0 saturated carbocycles. The van der Waals surface area contributed by atoms with E-state index in [4.69, 9.17) is 9.47 Å². The molecule has 1 aliphatic heterocycles. The van der Waals surface area contributed by atoms with Crippen molar-refractivity contribution in [2.75, 3.05) is 31.6 Å². The average molecular weight is 467 g/mol. The minimum Gasteiger partial charge on any atom is -0.490 e. The molecule has 1 saturated heterocycles. The normalized spacial score (nSPS) is 13.1. The Labute approximate surface area is 199 Å². The number of hydrazone groups is 1. The third kappa shape index (κ3) is 6.81. The summed E-state index contributed by atoms with van der Waals surface area (Å²) in [7, 11) is 0. The Morgan fingerprint density at radius 3 is 2.50 bits per heavy atom. The molecular weight excluding hydrogens is 436 g/mol. The molecule has 3 amide bonds. The van der Waals surface area contributed by atoms with Crippen LogP contribution in [-0.4, -0.2) is 55.1 Å². The van der Waals surface area contributed by atoms with Crippen molar-refractivity contribution in [1.29, 1.82) is 0 Å². The van der Waals surface area contributed by atoms with Gasteiger partial charge in [-0.05, 0) is 61.6 Å². The fourth-order valence-corrected chi connectivity index (χ4v) is 3.54. The van der Waals surface area contributed by atoms with E-state index in [-0.39, 0.29) is 12.5 Å². The lowest BCUT2D eigenvalue weighted by Gasteiger charge is -2.17. The van der Waals surface area contributed by atoms with Gasteiger partial charge in [0.25, 0.3) is 5.91 Å². The number of nitrogens with zero attached hydrogens (tertiary/aromatic N) is 2. The van der Waals surface area contributed by atoms with E-state index in [1.165, 1.54) is 6.21 Å². The Morgan fingerprint density at radius 2 is 1.76 bits per heavy atom. The molecule has 0 spiro atoms. The number of hydrogen-bond acceptors (Lipinski definition) is 6. The molecule has 2 N–H and O–H groups in total. The molecule has 0 radical (unpaired) electrons. The summed E-state index contributed by atoms with van der Waals surface area (Å²) >= 11 is 0. The van der Waals surface area contributed by atoms with Gasteiger partial charge in [-0.25, -0.2) is 5.43 Å². The number of carbonyl (C=O) groups excluding carboxylic acids is 3. The molecule has 2 aromatic rings. The number of para-hydroxylation sites is 1. The van der Waals surface area contributed by atoms with Crippen molar-refractivity contribution >= 4 is 29.6 Å². The molecule has 0 aliphatic carbocycles. The summed E-state index contributed by atoms with van der Waals surface area (Å²) < 4.78 is 11.3. The summed E-state index contributed by atoms with van der Waals surface area (Å²) in [5, 5.41) is 6.46. The number of ether oxygens (including phenoxy) is 2. The number of aryl methyl sites for hydroxylation is 1. The molecule has 0 atom stereocenters. The number of likely N-dealkylation sites (tertiary alicyclic amines) is 1. The van der Waals surface area contributed by atoms with Crippen molar-refractivity contribution < 1.29 is 23.9 Å². The molecule has 2 aromatic carbocycles. The van der Waals surface area contributed by atoms with Crippen LogP contribution in [0.25, 0.3) is 0 Å². The summed E-state index contributed by atoms with van der Waals surface area (Å²) in [6, 6.07) is 12.4. The topological polar surface area (TPSA) is 109 Å². The van der Waals surface area contributed by atoms with Crippen LogP contribution in [0.2, 0.25) is 0 Å². The highest BCUT2D eigenvalue weighted by atomic mass is 16.5. The van der Waals surface area contributed by atoms with Crippen molar-refractivity contribution in [1.82, 2.24) is 10.3 Å². The first-order valence-electron chi connectivity index (χ1n) is 11.4. The van der Waals surface area contributed by atoms with Gasteiger partial charge in [0.2, 0.25) is 0 Å². The van der Waals surface area contributed by atoms with Gasteiger partial charge in [-0.1, -0.05) is 25.1 Å². The Hall–Kier alpha value is -3.88. The first kappa shape index (κ1) is 24.8. The maximum Gasteiger partial charge on any atom is 0.329 e. The van der Waals surface area contributed by atoms with Crippen LogP contribution in [0, 0.1) is 0 Å². The van der Waals surface area contributed by atoms with Gasteiger partial charge in [0.15, 0.2) is 18.1 Å². The highest BCUT2D eigenvalue weighted by Crippen LogP contribution is 2.28. The van der Waals surface area contributed by atoms with Gasteiger partial charge < -0.3 is 19.7 Å². The number of benzene rings is 2. The van der Waals surface area contributed by atoms with Crippen molar-refractivity contribution in [3.63, 3.8) is 0 Å². The van der Waals surface area contributed by atoms with Crippen LogP contribution < -0.4 is 20.2 Å². The molecule has 0 aromatic heterocycles. The molecule has 3 rings (SSSR count). The van der Waals surface area contributed by atoms with Crippen LogP contribution in [0.1, 0.15) is 37.8 Å². The Morgan fingerprint density at radius 1 is 1.00 bits per heavy atom. The largest absolute Gasteiger partial charge is 0.490 e. The van der Waals surface area contributed by atoms with Gasteiger partial charge in [-0.15, -0.1) is 0 Å². The summed E-state index contributed by atoms with van der Waals surface area (Å²) in [6.07, 6.45) is 4.17. The highest BCUT2D eigenvalue weighted by molar-refractivity contribution is 6.39. The SMILES string of the molecule is CCOc1cc(/C=N\NC(=O)C(=O)Nc2ccccc2CC)ccc1OCC(=O)N1CCCC1. The zero-order valence-corrected chi connectivity index (χ0v) is 19.5. The lowest BCUT2D eigenvalue weighted by molar-refractivity contribution is -0.136. The number of carbonyl (C=O) groups is 3. The second-order valence-corrected chi connectivity index (χ2v) is 7.68. The van der Waals surface area contributed by atoms with Gasteiger partial charge in [0.1, 0.15) is 0 Å². The van der Waals surface area contributed by atoms with Gasteiger partial charge >= 0.3 is 11.8 Å². The monoisotopic (exact) mass is 466 g/mol. The number of nitrogens with one attached hydrogen (secondary N) is 2.